The van der Waals surface area contributed by atoms with Crippen molar-refractivity contribution in [1.29, 1.82) is 0 Å². The second-order valence-corrected chi connectivity index (χ2v) is 6.08. The van der Waals surface area contributed by atoms with Crippen LogP contribution in [0.25, 0.3) is 0 Å². The van der Waals surface area contributed by atoms with E-state index in [-0.39, 0.29) is 0 Å². The Morgan fingerprint density at radius 1 is 1.15 bits per heavy atom. The van der Waals surface area contributed by atoms with Crippen molar-refractivity contribution in [3.8, 4) is 5.75 Å². The number of nitrogens with zero attached hydrogens (tertiary/aromatic N) is 1. The molecule has 1 aromatic heterocycles. The van der Waals surface area contributed by atoms with Gasteiger partial charge in [-0.25, -0.2) is 0 Å². The van der Waals surface area contributed by atoms with Crippen LogP contribution in [-0.2, 0) is 12.8 Å². The van der Waals surface area contributed by atoms with Crippen LogP contribution < -0.4 is 4.74 Å². The zero-order valence-corrected chi connectivity index (χ0v) is 13.2. The van der Waals surface area contributed by atoms with E-state index in [4.69, 9.17) is 4.74 Å². The summed E-state index contributed by atoms with van der Waals surface area (Å²) in [5.74, 6) is 0.822. The largest absolute Gasteiger partial charge is 0.497 e. The Balaban J connectivity index is 2.03. The Hall–Kier alpha value is -1.39. The first-order valence-corrected chi connectivity index (χ1v) is 7.23. The van der Waals surface area contributed by atoms with Gasteiger partial charge >= 0.3 is 0 Å². The summed E-state index contributed by atoms with van der Waals surface area (Å²) < 4.78 is 6.07. The molecule has 0 spiro atoms. The van der Waals surface area contributed by atoms with Crippen molar-refractivity contribution in [2.24, 2.45) is 0 Å². The summed E-state index contributed by atoms with van der Waals surface area (Å²) in [7, 11) is 1.64. The third-order valence-corrected chi connectivity index (χ3v) is 3.56. The highest BCUT2D eigenvalue weighted by Crippen LogP contribution is 2.20. The smallest absolute Gasteiger partial charge is 0.118 e. The van der Waals surface area contributed by atoms with Crippen LogP contribution in [0.2, 0.25) is 0 Å². The first kappa shape index (κ1) is 15.0. The van der Waals surface area contributed by atoms with E-state index in [0.717, 1.165) is 21.5 Å². The molecule has 0 aliphatic rings. The molecule has 2 aromatic rings. The van der Waals surface area contributed by atoms with Crippen molar-refractivity contribution in [2.75, 3.05) is 7.11 Å². The van der Waals surface area contributed by atoms with Crippen LogP contribution in [0.5, 0.6) is 5.75 Å². The van der Waals surface area contributed by atoms with Gasteiger partial charge in [0.1, 0.15) is 5.75 Å². The number of aromatic nitrogens is 1. The molecular weight excluding hydrogens is 318 g/mol. The van der Waals surface area contributed by atoms with Gasteiger partial charge in [0.05, 0.1) is 12.7 Å². The highest BCUT2D eigenvalue weighted by molar-refractivity contribution is 9.10. The van der Waals surface area contributed by atoms with Crippen LogP contribution in [0.3, 0.4) is 0 Å². The monoisotopic (exact) mass is 335 g/mol. The molecule has 0 radical (unpaired) electrons. The minimum atomic E-state index is -0.824. The summed E-state index contributed by atoms with van der Waals surface area (Å²) >= 11 is 3.36. The SMILES string of the molecule is COc1ccc(CC(C)(O)Cc2ccc(Br)cn2)cc1. The molecule has 0 saturated carbocycles. The van der Waals surface area contributed by atoms with Crippen molar-refractivity contribution in [3.63, 3.8) is 0 Å². The summed E-state index contributed by atoms with van der Waals surface area (Å²) in [6, 6.07) is 11.6. The summed E-state index contributed by atoms with van der Waals surface area (Å²) in [5, 5.41) is 10.5. The van der Waals surface area contributed by atoms with Crippen molar-refractivity contribution in [1.82, 2.24) is 4.98 Å². The quantitative estimate of drug-likeness (QED) is 0.910. The average Bonchev–Trinajstić information content (AvgIpc) is 2.41. The molecule has 1 unspecified atom stereocenters. The zero-order valence-electron chi connectivity index (χ0n) is 11.6. The minimum Gasteiger partial charge on any atom is -0.497 e. The maximum Gasteiger partial charge on any atom is 0.118 e. The molecule has 20 heavy (non-hydrogen) atoms. The number of hydrogen-bond donors (Lipinski definition) is 1. The standard InChI is InChI=1S/C16H18BrNO2/c1-16(19,10-14-6-5-13(17)11-18-14)9-12-3-7-15(20-2)8-4-12/h3-8,11,19H,9-10H2,1-2H3. The summed E-state index contributed by atoms with van der Waals surface area (Å²) in [6.45, 7) is 1.83. The van der Waals surface area contributed by atoms with E-state index >= 15 is 0 Å². The summed E-state index contributed by atoms with van der Waals surface area (Å²) in [6.07, 6.45) is 2.85. The number of rotatable bonds is 5. The molecule has 0 aliphatic heterocycles. The molecule has 1 N–H and O–H groups in total. The summed E-state index contributed by atoms with van der Waals surface area (Å²) in [4.78, 5) is 4.31. The Labute approximate surface area is 127 Å². The summed E-state index contributed by atoms with van der Waals surface area (Å²) in [5.41, 5.74) is 1.13. The fourth-order valence-corrected chi connectivity index (χ4v) is 2.38. The van der Waals surface area contributed by atoms with E-state index in [0.29, 0.717) is 12.8 Å². The van der Waals surface area contributed by atoms with Crippen molar-refractivity contribution in [3.05, 3.63) is 58.3 Å². The Bertz CT molecular complexity index is 550. The van der Waals surface area contributed by atoms with Gasteiger partial charge in [-0.2, -0.15) is 0 Å². The Morgan fingerprint density at radius 2 is 1.85 bits per heavy atom. The van der Waals surface area contributed by atoms with E-state index in [1.165, 1.54) is 0 Å². The van der Waals surface area contributed by atoms with Crippen LogP contribution in [0.4, 0.5) is 0 Å². The second kappa shape index (κ2) is 6.37. The predicted molar refractivity (Wildman–Crippen MR) is 83.0 cm³/mol. The lowest BCUT2D eigenvalue weighted by Gasteiger charge is -2.23. The lowest BCUT2D eigenvalue weighted by Crippen LogP contribution is -2.30. The minimum absolute atomic E-state index is 0.520. The molecular formula is C16H18BrNO2. The molecule has 3 nitrogen and oxygen atoms in total. The lowest BCUT2D eigenvalue weighted by atomic mass is 9.91. The molecule has 0 fully saturated rings. The maximum atomic E-state index is 10.5. The number of pyridine rings is 1. The van der Waals surface area contributed by atoms with Gasteiger partial charge in [-0.3, -0.25) is 4.98 Å². The van der Waals surface area contributed by atoms with Crippen LogP contribution >= 0.6 is 15.9 Å². The Morgan fingerprint density at radius 3 is 2.40 bits per heavy atom. The van der Waals surface area contributed by atoms with Gasteiger partial charge in [0.25, 0.3) is 0 Å². The van der Waals surface area contributed by atoms with Gasteiger partial charge in [-0.15, -0.1) is 0 Å². The molecule has 106 valence electrons. The fraction of sp³-hybridized carbons (Fsp3) is 0.312. The number of halogens is 1. The van der Waals surface area contributed by atoms with E-state index < -0.39 is 5.60 Å². The van der Waals surface area contributed by atoms with Crippen LogP contribution in [-0.4, -0.2) is 22.8 Å². The predicted octanol–water partition coefficient (Wildman–Crippen LogP) is 3.39. The van der Waals surface area contributed by atoms with Crippen molar-refractivity contribution >= 4 is 15.9 Å². The van der Waals surface area contributed by atoms with Crippen molar-refractivity contribution < 1.29 is 9.84 Å². The number of benzene rings is 1. The number of aliphatic hydroxyl groups is 1. The van der Waals surface area contributed by atoms with Gasteiger partial charge in [-0.05, 0) is 52.7 Å². The van der Waals surface area contributed by atoms with Gasteiger partial charge in [0.2, 0.25) is 0 Å². The maximum absolute atomic E-state index is 10.5. The highest BCUT2D eigenvalue weighted by Gasteiger charge is 2.22. The molecule has 0 bridgehead atoms. The number of ether oxygens (including phenoxy) is 1. The van der Waals surface area contributed by atoms with E-state index in [1.54, 1.807) is 13.3 Å². The normalized spacial score (nSPS) is 13.8. The third kappa shape index (κ3) is 4.32. The second-order valence-electron chi connectivity index (χ2n) is 5.17. The fourth-order valence-electron chi connectivity index (χ4n) is 2.15. The van der Waals surface area contributed by atoms with Crippen LogP contribution in [0, 0.1) is 0 Å². The topological polar surface area (TPSA) is 42.4 Å². The molecule has 1 aromatic carbocycles. The molecule has 0 saturated heterocycles. The number of methoxy groups -OCH3 is 1. The lowest BCUT2D eigenvalue weighted by molar-refractivity contribution is 0.0598. The molecule has 0 amide bonds. The molecule has 1 atom stereocenters. The van der Waals surface area contributed by atoms with Gasteiger partial charge in [0, 0.05) is 29.2 Å². The van der Waals surface area contributed by atoms with Gasteiger partial charge in [-0.1, -0.05) is 12.1 Å². The zero-order chi connectivity index (χ0) is 14.6. The number of hydrogen-bond acceptors (Lipinski definition) is 3. The molecule has 1 heterocycles. The van der Waals surface area contributed by atoms with Gasteiger partial charge in [0.15, 0.2) is 0 Å². The van der Waals surface area contributed by atoms with Crippen LogP contribution in [0.1, 0.15) is 18.2 Å². The van der Waals surface area contributed by atoms with Gasteiger partial charge < -0.3 is 9.84 Å². The van der Waals surface area contributed by atoms with Crippen molar-refractivity contribution in [2.45, 2.75) is 25.4 Å². The Kier molecular flexibility index (Phi) is 4.78. The molecule has 4 heteroatoms. The first-order chi connectivity index (χ1) is 9.48. The molecule has 2 rings (SSSR count). The van der Waals surface area contributed by atoms with Crippen LogP contribution in [0.15, 0.2) is 47.1 Å². The third-order valence-electron chi connectivity index (χ3n) is 3.09. The van der Waals surface area contributed by atoms with E-state index in [1.807, 2.05) is 43.3 Å². The van der Waals surface area contributed by atoms with E-state index in [9.17, 15) is 5.11 Å². The molecule has 0 aliphatic carbocycles. The highest BCUT2D eigenvalue weighted by atomic mass is 79.9. The first-order valence-electron chi connectivity index (χ1n) is 6.44. The van der Waals surface area contributed by atoms with E-state index in [2.05, 4.69) is 20.9 Å². The average molecular weight is 336 g/mol.